The lowest BCUT2D eigenvalue weighted by Crippen LogP contribution is -1.94. The smallest absolute Gasteiger partial charge is 0.156 e. The molecule has 3 nitrogen and oxygen atoms in total. The highest BCUT2D eigenvalue weighted by molar-refractivity contribution is 9.10. The summed E-state index contributed by atoms with van der Waals surface area (Å²) in [6, 6.07) is 6.02. The third-order valence-corrected chi connectivity index (χ3v) is 2.35. The molecule has 0 radical (unpaired) electrons. The van der Waals surface area contributed by atoms with E-state index in [4.69, 9.17) is 0 Å². The maximum absolute atomic E-state index is 3.98. The van der Waals surface area contributed by atoms with Crippen LogP contribution in [0.2, 0.25) is 0 Å². The van der Waals surface area contributed by atoms with Crippen LogP contribution in [-0.4, -0.2) is 17.2 Å². The molecule has 0 fully saturated rings. The summed E-state index contributed by atoms with van der Waals surface area (Å²) in [5.41, 5.74) is 0. The average Bonchev–Trinajstić information content (AvgIpc) is 2.16. The average molecular weight is 238 g/mol. The van der Waals surface area contributed by atoms with Crippen molar-refractivity contribution in [1.29, 1.82) is 0 Å². The lowest BCUT2D eigenvalue weighted by atomic mass is 10.2. The van der Waals surface area contributed by atoms with Gasteiger partial charge in [-0.1, -0.05) is 15.9 Å². The van der Waals surface area contributed by atoms with Crippen LogP contribution >= 0.6 is 15.9 Å². The highest BCUT2D eigenvalue weighted by atomic mass is 79.9. The Hall–Kier alpha value is -1.16. The number of fused-ring (bicyclic) bond motifs is 1. The third kappa shape index (κ3) is 1.49. The van der Waals surface area contributed by atoms with Crippen LogP contribution in [0.15, 0.2) is 28.9 Å². The standard InChI is InChI=1S/C9H8BrN3/c1-11-9-8-3-2-7(10)4-6(8)5-12-13-9/h2-5H,1H3,(H,11,13). The molecular weight excluding hydrogens is 230 g/mol. The molecule has 0 saturated carbocycles. The van der Waals surface area contributed by atoms with Gasteiger partial charge >= 0.3 is 0 Å². The number of nitrogens with one attached hydrogen (secondary N) is 1. The number of anilines is 1. The third-order valence-electron chi connectivity index (χ3n) is 1.86. The van der Waals surface area contributed by atoms with Gasteiger partial charge in [-0.05, 0) is 18.2 Å². The van der Waals surface area contributed by atoms with E-state index in [1.54, 1.807) is 6.20 Å². The molecule has 2 rings (SSSR count). The van der Waals surface area contributed by atoms with Gasteiger partial charge in [-0.25, -0.2) is 0 Å². The summed E-state index contributed by atoms with van der Waals surface area (Å²) < 4.78 is 1.05. The lowest BCUT2D eigenvalue weighted by Gasteiger charge is -2.02. The van der Waals surface area contributed by atoms with Gasteiger partial charge in [0, 0.05) is 22.3 Å². The molecule has 0 aliphatic heterocycles. The highest BCUT2D eigenvalue weighted by Crippen LogP contribution is 2.22. The normalized spacial score (nSPS) is 10.3. The molecule has 0 amide bonds. The molecule has 0 unspecified atom stereocenters. The van der Waals surface area contributed by atoms with Crippen molar-refractivity contribution in [3.63, 3.8) is 0 Å². The van der Waals surface area contributed by atoms with Crippen LogP contribution in [0.1, 0.15) is 0 Å². The number of benzene rings is 1. The van der Waals surface area contributed by atoms with E-state index in [0.29, 0.717) is 0 Å². The summed E-state index contributed by atoms with van der Waals surface area (Å²) in [6.45, 7) is 0. The van der Waals surface area contributed by atoms with Crippen LogP contribution in [0.3, 0.4) is 0 Å². The van der Waals surface area contributed by atoms with Crippen LogP contribution in [0.5, 0.6) is 0 Å². The summed E-state index contributed by atoms with van der Waals surface area (Å²) >= 11 is 3.41. The lowest BCUT2D eigenvalue weighted by molar-refractivity contribution is 1.05. The van der Waals surface area contributed by atoms with E-state index in [1.165, 1.54) is 0 Å². The topological polar surface area (TPSA) is 37.8 Å². The Kier molecular flexibility index (Phi) is 2.14. The Morgan fingerprint density at radius 1 is 1.38 bits per heavy atom. The number of hydrogen-bond acceptors (Lipinski definition) is 3. The monoisotopic (exact) mass is 237 g/mol. The fourth-order valence-electron chi connectivity index (χ4n) is 1.24. The van der Waals surface area contributed by atoms with Crippen molar-refractivity contribution in [2.24, 2.45) is 0 Å². The van der Waals surface area contributed by atoms with Crippen molar-refractivity contribution in [3.05, 3.63) is 28.9 Å². The Labute approximate surface area is 84.3 Å². The van der Waals surface area contributed by atoms with E-state index < -0.39 is 0 Å². The first-order chi connectivity index (χ1) is 6.31. The van der Waals surface area contributed by atoms with Crippen molar-refractivity contribution in [3.8, 4) is 0 Å². The summed E-state index contributed by atoms with van der Waals surface area (Å²) in [5, 5.41) is 13.0. The molecule has 0 spiro atoms. The second-order valence-corrected chi connectivity index (χ2v) is 3.59. The second kappa shape index (κ2) is 3.30. The Morgan fingerprint density at radius 2 is 2.23 bits per heavy atom. The molecule has 0 saturated heterocycles. The summed E-state index contributed by atoms with van der Waals surface area (Å²) in [6.07, 6.45) is 1.75. The molecule has 0 atom stereocenters. The van der Waals surface area contributed by atoms with Crippen LogP contribution < -0.4 is 5.32 Å². The fourth-order valence-corrected chi connectivity index (χ4v) is 1.62. The van der Waals surface area contributed by atoms with Crippen LogP contribution in [0.25, 0.3) is 10.8 Å². The minimum absolute atomic E-state index is 0.810. The second-order valence-electron chi connectivity index (χ2n) is 2.67. The number of nitrogens with zero attached hydrogens (tertiary/aromatic N) is 2. The van der Waals surface area contributed by atoms with Gasteiger partial charge in [0.2, 0.25) is 0 Å². The van der Waals surface area contributed by atoms with Crippen LogP contribution in [0.4, 0.5) is 5.82 Å². The predicted octanol–water partition coefficient (Wildman–Crippen LogP) is 2.43. The molecule has 0 aliphatic rings. The first-order valence-electron chi connectivity index (χ1n) is 3.90. The SMILES string of the molecule is CNc1nncc2cc(Br)ccc12. The van der Waals surface area contributed by atoms with Gasteiger partial charge in [-0.15, -0.1) is 5.10 Å². The van der Waals surface area contributed by atoms with Gasteiger partial charge < -0.3 is 5.32 Å². The molecule has 2 aromatic rings. The van der Waals surface area contributed by atoms with Crippen molar-refractivity contribution in [2.45, 2.75) is 0 Å². The van der Waals surface area contributed by atoms with E-state index in [-0.39, 0.29) is 0 Å². The quantitative estimate of drug-likeness (QED) is 0.829. The van der Waals surface area contributed by atoms with Crippen molar-refractivity contribution in [1.82, 2.24) is 10.2 Å². The Bertz CT molecular complexity index is 442. The van der Waals surface area contributed by atoms with Crippen molar-refractivity contribution >= 4 is 32.5 Å². The molecule has 4 heteroatoms. The minimum Gasteiger partial charge on any atom is -0.371 e. The molecule has 1 aromatic carbocycles. The first kappa shape index (κ1) is 8.44. The number of rotatable bonds is 1. The molecule has 1 aromatic heterocycles. The van der Waals surface area contributed by atoms with Crippen LogP contribution in [0, 0.1) is 0 Å². The number of aromatic nitrogens is 2. The Balaban J connectivity index is 2.77. The van der Waals surface area contributed by atoms with E-state index in [2.05, 4.69) is 31.4 Å². The maximum atomic E-state index is 3.98. The first-order valence-corrected chi connectivity index (χ1v) is 4.69. The Morgan fingerprint density at radius 3 is 3.00 bits per heavy atom. The minimum atomic E-state index is 0.810. The molecule has 13 heavy (non-hydrogen) atoms. The van der Waals surface area contributed by atoms with Crippen molar-refractivity contribution < 1.29 is 0 Å². The molecule has 66 valence electrons. The number of halogens is 1. The van der Waals surface area contributed by atoms with Crippen molar-refractivity contribution in [2.75, 3.05) is 12.4 Å². The van der Waals surface area contributed by atoms with Gasteiger partial charge in [0.25, 0.3) is 0 Å². The summed E-state index contributed by atoms with van der Waals surface area (Å²) in [4.78, 5) is 0. The van der Waals surface area contributed by atoms with E-state index >= 15 is 0 Å². The van der Waals surface area contributed by atoms with Gasteiger partial charge in [-0.3, -0.25) is 0 Å². The number of hydrogen-bond donors (Lipinski definition) is 1. The highest BCUT2D eigenvalue weighted by Gasteiger charge is 2.00. The van der Waals surface area contributed by atoms with E-state index in [0.717, 1.165) is 21.1 Å². The molecule has 1 N–H and O–H groups in total. The van der Waals surface area contributed by atoms with Crippen LogP contribution in [-0.2, 0) is 0 Å². The van der Waals surface area contributed by atoms with Gasteiger partial charge in [-0.2, -0.15) is 5.10 Å². The molecule has 1 heterocycles. The molecule has 0 bridgehead atoms. The van der Waals surface area contributed by atoms with E-state index in [1.807, 2.05) is 25.2 Å². The summed E-state index contributed by atoms with van der Waals surface area (Å²) in [5.74, 6) is 0.810. The predicted molar refractivity (Wildman–Crippen MR) is 56.8 cm³/mol. The molecule has 0 aliphatic carbocycles. The maximum Gasteiger partial charge on any atom is 0.156 e. The summed E-state index contributed by atoms with van der Waals surface area (Å²) in [7, 11) is 1.84. The van der Waals surface area contributed by atoms with Gasteiger partial charge in [0.1, 0.15) is 0 Å². The largest absolute Gasteiger partial charge is 0.371 e. The van der Waals surface area contributed by atoms with Gasteiger partial charge in [0.05, 0.1) is 6.20 Å². The van der Waals surface area contributed by atoms with E-state index in [9.17, 15) is 0 Å². The molecular formula is C9H8BrN3. The van der Waals surface area contributed by atoms with Gasteiger partial charge in [0.15, 0.2) is 5.82 Å². The zero-order valence-corrected chi connectivity index (χ0v) is 8.67. The zero-order chi connectivity index (χ0) is 9.26. The fraction of sp³-hybridized carbons (Fsp3) is 0.111. The zero-order valence-electron chi connectivity index (χ0n) is 7.08.